The summed E-state index contributed by atoms with van der Waals surface area (Å²) in [5.41, 5.74) is 2.72. The molecule has 1 heterocycles. The Labute approximate surface area is 215 Å². The summed E-state index contributed by atoms with van der Waals surface area (Å²) in [5, 5.41) is 12.1. The van der Waals surface area contributed by atoms with Crippen LogP contribution in [0.5, 0.6) is 0 Å². The lowest BCUT2D eigenvalue weighted by atomic mass is 10.0. The van der Waals surface area contributed by atoms with Gasteiger partial charge < -0.3 is 4.90 Å². The second-order valence-electron chi connectivity index (χ2n) is 8.96. The van der Waals surface area contributed by atoms with E-state index in [1.807, 2.05) is 36.4 Å². The largest absolute Gasteiger partial charge is 0.336 e. The summed E-state index contributed by atoms with van der Waals surface area (Å²) in [6, 6.07) is 20.6. The van der Waals surface area contributed by atoms with Crippen LogP contribution in [0, 0.1) is 10.1 Å². The van der Waals surface area contributed by atoms with E-state index in [0.717, 1.165) is 29.4 Å². The van der Waals surface area contributed by atoms with Gasteiger partial charge in [-0.3, -0.25) is 19.8 Å². The Hall–Kier alpha value is -2.87. The quantitative estimate of drug-likeness (QED) is 0.269. The summed E-state index contributed by atoms with van der Waals surface area (Å²) in [6.45, 7) is 7.70. The van der Waals surface area contributed by atoms with Crippen molar-refractivity contribution in [1.29, 1.82) is 0 Å². The number of carbonyl (C=O) groups excluding carboxylic acids is 1. The zero-order chi connectivity index (χ0) is 24.9. The Morgan fingerprint density at radius 1 is 1.00 bits per heavy atom. The SMILES string of the molecule is CC(C)c1ccc(Sc2ccc([N+](=O)[O-])cc2C(=O)N2CCN(Cc3ccc(Cl)cc3)CC2)cc1. The van der Waals surface area contributed by atoms with Crippen LogP contribution in [0.2, 0.25) is 5.02 Å². The van der Waals surface area contributed by atoms with Gasteiger partial charge in [0.05, 0.1) is 10.5 Å². The fourth-order valence-electron chi connectivity index (χ4n) is 4.06. The van der Waals surface area contributed by atoms with Crippen LogP contribution in [0.25, 0.3) is 0 Å². The van der Waals surface area contributed by atoms with E-state index in [2.05, 4.69) is 30.9 Å². The van der Waals surface area contributed by atoms with E-state index in [1.165, 1.54) is 35.0 Å². The highest BCUT2D eigenvalue weighted by atomic mass is 35.5. The maximum atomic E-state index is 13.5. The molecule has 6 nitrogen and oxygen atoms in total. The average molecular weight is 510 g/mol. The Morgan fingerprint density at radius 2 is 1.66 bits per heavy atom. The van der Waals surface area contributed by atoms with Crippen LogP contribution >= 0.6 is 23.4 Å². The summed E-state index contributed by atoms with van der Waals surface area (Å²) in [6.07, 6.45) is 0. The standard InChI is InChI=1S/C27H28ClN3O3S/c1-19(2)21-5-10-24(11-6-21)35-26-12-9-23(31(33)34)17-25(26)27(32)30-15-13-29(14-16-30)18-20-3-7-22(28)8-4-20/h3-12,17,19H,13-16,18H2,1-2H3. The number of hydrogen-bond donors (Lipinski definition) is 0. The van der Waals surface area contributed by atoms with Crippen molar-refractivity contribution in [3.05, 3.63) is 98.6 Å². The minimum absolute atomic E-state index is 0.0748. The van der Waals surface area contributed by atoms with Crippen molar-refractivity contribution in [3.8, 4) is 0 Å². The van der Waals surface area contributed by atoms with Crippen molar-refractivity contribution in [2.45, 2.75) is 36.1 Å². The maximum Gasteiger partial charge on any atom is 0.270 e. The van der Waals surface area contributed by atoms with Crippen LogP contribution in [-0.2, 0) is 6.54 Å². The molecule has 1 aliphatic heterocycles. The number of carbonyl (C=O) groups is 1. The fraction of sp³-hybridized carbons (Fsp3) is 0.296. The molecule has 182 valence electrons. The lowest BCUT2D eigenvalue weighted by molar-refractivity contribution is -0.384. The third kappa shape index (κ3) is 6.42. The lowest BCUT2D eigenvalue weighted by Crippen LogP contribution is -2.48. The zero-order valence-electron chi connectivity index (χ0n) is 19.8. The van der Waals surface area contributed by atoms with Gasteiger partial charge in [-0.25, -0.2) is 0 Å². The molecule has 1 amide bonds. The first-order valence-corrected chi connectivity index (χ1v) is 12.8. The molecule has 0 aromatic heterocycles. The third-order valence-corrected chi connectivity index (χ3v) is 7.49. The first-order valence-electron chi connectivity index (χ1n) is 11.6. The van der Waals surface area contributed by atoms with Gasteiger partial charge >= 0.3 is 0 Å². The summed E-state index contributed by atoms with van der Waals surface area (Å²) < 4.78 is 0. The van der Waals surface area contributed by atoms with Gasteiger partial charge in [0.1, 0.15) is 0 Å². The number of nitro benzene ring substituents is 1. The molecule has 8 heteroatoms. The molecule has 0 aliphatic carbocycles. The van der Waals surface area contributed by atoms with Gasteiger partial charge in [-0.2, -0.15) is 0 Å². The average Bonchev–Trinajstić information content (AvgIpc) is 2.86. The van der Waals surface area contributed by atoms with Crippen LogP contribution in [-0.4, -0.2) is 46.8 Å². The number of halogens is 1. The predicted octanol–water partition coefficient (Wildman–Crippen LogP) is 6.48. The zero-order valence-corrected chi connectivity index (χ0v) is 21.4. The first kappa shape index (κ1) is 25.2. The number of piperazine rings is 1. The van der Waals surface area contributed by atoms with Crippen molar-refractivity contribution in [3.63, 3.8) is 0 Å². The number of amides is 1. The van der Waals surface area contributed by atoms with Gasteiger partial charge in [-0.1, -0.05) is 61.5 Å². The Bertz CT molecular complexity index is 1190. The minimum Gasteiger partial charge on any atom is -0.336 e. The normalized spacial score (nSPS) is 14.3. The van der Waals surface area contributed by atoms with Gasteiger partial charge in [0.15, 0.2) is 0 Å². The molecule has 4 rings (SSSR count). The number of rotatable bonds is 7. The second kappa shape index (κ2) is 11.2. The third-order valence-electron chi connectivity index (χ3n) is 6.16. The van der Waals surface area contributed by atoms with Crippen molar-refractivity contribution in [2.75, 3.05) is 26.2 Å². The molecule has 0 spiro atoms. The maximum absolute atomic E-state index is 13.5. The molecule has 0 bridgehead atoms. The molecule has 3 aromatic rings. The van der Waals surface area contributed by atoms with Crippen molar-refractivity contribution in [2.24, 2.45) is 0 Å². The monoisotopic (exact) mass is 509 g/mol. The number of hydrogen-bond acceptors (Lipinski definition) is 5. The molecule has 35 heavy (non-hydrogen) atoms. The van der Waals surface area contributed by atoms with Crippen LogP contribution < -0.4 is 0 Å². The van der Waals surface area contributed by atoms with Gasteiger partial charge in [0, 0.05) is 59.7 Å². The van der Waals surface area contributed by atoms with Crippen molar-refractivity contribution < 1.29 is 9.72 Å². The molecule has 0 N–H and O–H groups in total. The number of benzene rings is 3. The molecular weight excluding hydrogens is 482 g/mol. The summed E-state index contributed by atoms with van der Waals surface area (Å²) in [7, 11) is 0. The fourth-order valence-corrected chi connectivity index (χ4v) is 5.11. The van der Waals surface area contributed by atoms with Crippen LogP contribution in [0.3, 0.4) is 0 Å². The number of nitrogens with zero attached hydrogens (tertiary/aromatic N) is 3. The van der Waals surface area contributed by atoms with E-state index >= 15 is 0 Å². The second-order valence-corrected chi connectivity index (χ2v) is 10.5. The summed E-state index contributed by atoms with van der Waals surface area (Å²) >= 11 is 7.44. The molecular formula is C27H28ClN3O3S. The summed E-state index contributed by atoms with van der Waals surface area (Å²) in [5.74, 6) is 0.269. The van der Waals surface area contributed by atoms with Gasteiger partial charge in [0.2, 0.25) is 0 Å². The van der Waals surface area contributed by atoms with Gasteiger partial charge in [-0.05, 0) is 47.4 Å². The van der Waals surface area contributed by atoms with E-state index in [1.54, 1.807) is 11.0 Å². The van der Waals surface area contributed by atoms with E-state index < -0.39 is 4.92 Å². The smallest absolute Gasteiger partial charge is 0.270 e. The topological polar surface area (TPSA) is 66.7 Å². The molecule has 1 aliphatic rings. The highest BCUT2D eigenvalue weighted by molar-refractivity contribution is 7.99. The van der Waals surface area contributed by atoms with Gasteiger partial charge in [0.25, 0.3) is 11.6 Å². The molecule has 0 radical (unpaired) electrons. The Morgan fingerprint density at radius 3 is 2.26 bits per heavy atom. The molecule has 0 unspecified atom stereocenters. The lowest BCUT2D eigenvalue weighted by Gasteiger charge is -2.35. The number of non-ortho nitro benzene ring substituents is 1. The van der Waals surface area contributed by atoms with E-state index in [9.17, 15) is 14.9 Å². The van der Waals surface area contributed by atoms with Crippen LogP contribution in [0.4, 0.5) is 5.69 Å². The van der Waals surface area contributed by atoms with Crippen molar-refractivity contribution in [1.82, 2.24) is 9.80 Å². The highest BCUT2D eigenvalue weighted by Gasteiger charge is 2.26. The van der Waals surface area contributed by atoms with E-state index in [0.29, 0.717) is 29.6 Å². The van der Waals surface area contributed by atoms with E-state index in [-0.39, 0.29) is 11.6 Å². The first-order chi connectivity index (χ1) is 16.8. The van der Waals surface area contributed by atoms with Crippen molar-refractivity contribution >= 4 is 35.0 Å². The Balaban J connectivity index is 1.48. The molecule has 1 saturated heterocycles. The molecule has 0 saturated carbocycles. The van der Waals surface area contributed by atoms with E-state index in [4.69, 9.17) is 11.6 Å². The number of nitro groups is 1. The Kier molecular flexibility index (Phi) is 8.11. The highest BCUT2D eigenvalue weighted by Crippen LogP contribution is 2.34. The minimum atomic E-state index is -0.452. The summed E-state index contributed by atoms with van der Waals surface area (Å²) in [4.78, 5) is 30.3. The van der Waals surface area contributed by atoms with Crippen LogP contribution in [0.15, 0.2) is 76.5 Å². The molecule has 1 fully saturated rings. The molecule has 3 aromatic carbocycles. The predicted molar refractivity (Wildman–Crippen MR) is 140 cm³/mol. The van der Waals surface area contributed by atoms with Crippen LogP contribution in [0.1, 0.15) is 41.3 Å². The van der Waals surface area contributed by atoms with Gasteiger partial charge in [-0.15, -0.1) is 0 Å². The molecule has 0 atom stereocenters.